The molecule has 21 heavy (non-hydrogen) atoms. The second kappa shape index (κ2) is 5.78. The van der Waals surface area contributed by atoms with E-state index in [2.05, 4.69) is 20.7 Å². The molecule has 0 spiro atoms. The summed E-state index contributed by atoms with van der Waals surface area (Å²) in [4.78, 5) is 9.81. The molecule has 0 aromatic heterocycles. The monoisotopic (exact) mass is 374 g/mol. The molecule has 110 valence electrons. The maximum absolute atomic E-state index is 13.4. The van der Waals surface area contributed by atoms with E-state index in [-0.39, 0.29) is 15.1 Å². The number of anilines is 1. The van der Waals surface area contributed by atoms with E-state index in [0.29, 0.717) is 0 Å². The Morgan fingerprint density at radius 1 is 1.19 bits per heavy atom. The first-order valence-electron chi connectivity index (χ1n) is 5.52. The molecule has 9 heteroatoms. The van der Waals surface area contributed by atoms with E-state index >= 15 is 0 Å². The van der Waals surface area contributed by atoms with Crippen LogP contribution in [0.15, 0.2) is 51.8 Å². The van der Waals surface area contributed by atoms with Crippen molar-refractivity contribution in [2.24, 2.45) is 0 Å². The fourth-order valence-electron chi connectivity index (χ4n) is 1.57. The lowest BCUT2D eigenvalue weighted by Crippen LogP contribution is -2.14. The fraction of sp³-hybridized carbons (Fsp3) is 0. The zero-order valence-electron chi connectivity index (χ0n) is 10.3. The van der Waals surface area contributed by atoms with Gasteiger partial charge in [-0.3, -0.25) is 14.8 Å². The van der Waals surface area contributed by atoms with Gasteiger partial charge >= 0.3 is 0 Å². The number of hydrogen-bond acceptors (Lipinski definition) is 4. The van der Waals surface area contributed by atoms with Gasteiger partial charge in [-0.1, -0.05) is 12.1 Å². The first-order valence-corrected chi connectivity index (χ1v) is 7.80. The number of rotatable bonds is 4. The number of nitrogens with zero attached hydrogens (tertiary/aromatic N) is 1. The van der Waals surface area contributed by atoms with Crippen molar-refractivity contribution in [3.8, 4) is 0 Å². The Kier molecular flexibility index (Phi) is 4.24. The summed E-state index contributed by atoms with van der Waals surface area (Å²) in [6.45, 7) is 0. The van der Waals surface area contributed by atoms with Crippen LogP contribution in [-0.2, 0) is 10.0 Å². The molecule has 0 radical (unpaired) electrons. The maximum Gasteiger partial charge on any atom is 0.293 e. The van der Waals surface area contributed by atoms with Crippen molar-refractivity contribution in [3.05, 3.63) is 62.9 Å². The summed E-state index contributed by atoms with van der Waals surface area (Å²) in [5.74, 6) is -0.750. The molecule has 2 rings (SSSR count). The molecule has 0 fully saturated rings. The van der Waals surface area contributed by atoms with Gasteiger partial charge in [-0.25, -0.2) is 12.8 Å². The van der Waals surface area contributed by atoms with Crippen molar-refractivity contribution < 1.29 is 17.7 Å². The number of para-hydroxylation sites is 2. The molecule has 6 nitrogen and oxygen atoms in total. The molecule has 0 bridgehead atoms. The fourth-order valence-corrected chi connectivity index (χ4v) is 2.90. The number of sulfonamides is 1. The number of halogens is 2. The maximum atomic E-state index is 13.4. The zero-order valence-corrected chi connectivity index (χ0v) is 12.7. The highest BCUT2D eigenvalue weighted by atomic mass is 79.9. The predicted molar refractivity (Wildman–Crippen MR) is 78.0 cm³/mol. The second-order valence-electron chi connectivity index (χ2n) is 3.96. The van der Waals surface area contributed by atoms with E-state index in [1.165, 1.54) is 36.4 Å². The molecule has 0 amide bonds. The average molecular weight is 375 g/mol. The molecule has 1 N–H and O–H groups in total. The van der Waals surface area contributed by atoms with Crippen LogP contribution in [0.3, 0.4) is 0 Å². The van der Waals surface area contributed by atoms with Crippen molar-refractivity contribution in [2.75, 3.05) is 4.72 Å². The van der Waals surface area contributed by atoms with Crippen molar-refractivity contribution in [1.82, 2.24) is 0 Å². The number of nitrogens with one attached hydrogen (secondary N) is 1. The third-order valence-corrected chi connectivity index (χ3v) is 4.55. The van der Waals surface area contributed by atoms with Crippen LogP contribution in [0, 0.1) is 15.9 Å². The van der Waals surface area contributed by atoms with Crippen LogP contribution in [0.4, 0.5) is 15.8 Å². The van der Waals surface area contributed by atoms with E-state index in [4.69, 9.17) is 0 Å². The van der Waals surface area contributed by atoms with Gasteiger partial charge in [0, 0.05) is 6.07 Å². The Hall–Kier alpha value is -2.00. The van der Waals surface area contributed by atoms with Crippen molar-refractivity contribution >= 4 is 37.3 Å². The van der Waals surface area contributed by atoms with Gasteiger partial charge in [0.15, 0.2) is 0 Å². The Balaban J connectivity index is 2.42. The van der Waals surface area contributed by atoms with Crippen molar-refractivity contribution in [2.45, 2.75) is 4.90 Å². The summed E-state index contributed by atoms with van der Waals surface area (Å²) in [6, 6.07) is 8.53. The van der Waals surface area contributed by atoms with E-state index in [1.807, 2.05) is 0 Å². The predicted octanol–water partition coefficient (Wildman–Crippen LogP) is 3.30. The highest BCUT2D eigenvalue weighted by molar-refractivity contribution is 9.10. The number of hydrogen-bond donors (Lipinski definition) is 1. The lowest BCUT2D eigenvalue weighted by atomic mass is 10.3. The molecule has 0 saturated heterocycles. The Bertz CT molecular complexity index is 811. The molecule has 0 heterocycles. The minimum atomic E-state index is -4.12. The molecule has 0 aliphatic rings. The van der Waals surface area contributed by atoms with Gasteiger partial charge in [-0.05, 0) is 40.2 Å². The Labute approximate surface area is 127 Å². The van der Waals surface area contributed by atoms with Gasteiger partial charge in [0.2, 0.25) is 0 Å². The molecular formula is C12H8BrFN2O4S. The summed E-state index contributed by atoms with van der Waals surface area (Å²) in [6.07, 6.45) is 0. The third-order valence-electron chi connectivity index (χ3n) is 2.55. The average Bonchev–Trinajstić information content (AvgIpc) is 2.41. The highest BCUT2D eigenvalue weighted by Crippen LogP contribution is 2.27. The van der Waals surface area contributed by atoms with Crippen LogP contribution in [0.25, 0.3) is 0 Å². The zero-order chi connectivity index (χ0) is 15.6. The normalized spacial score (nSPS) is 11.1. The Morgan fingerprint density at radius 3 is 2.48 bits per heavy atom. The van der Waals surface area contributed by atoms with Crippen LogP contribution in [0.5, 0.6) is 0 Å². The van der Waals surface area contributed by atoms with E-state index in [0.717, 1.165) is 6.07 Å². The lowest BCUT2D eigenvalue weighted by molar-refractivity contribution is -0.383. The summed E-state index contributed by atoms with van der Waals surface area (Å²) < 4.78 is 39.9. The molecule has 0 saturated carbocycles. The minimum absolute atomic E-state index is 0.118. The number of benzene rings is 2. The summed E-state index contributed by atoms with van der Waals surface area (Å²) in [5.41, 5.74) is -0.579. The highest BCUT2D eigenvalue weighted by Gasteiger charge is 2.21. The molecule has 0 unspecified atom stereocenters. The van der Waals surface area contributed by atoms with Gasteiger partial charge < -0.3 is 0 Å². The molecular weight excluding hydrogens is 367 g/mol. The van der Waals surface area contributed by atoms with Crippen molar-refractivity contribution in [1.29, 1.82) is 0 Å². The third kappa shape index (κ3) is 3.37. The Morgan fingerprint density at radius 2 is 1.86 bits per heavy atom. The minimum Gasteiger partial charge on any atom is -0.273 e. The molecule has 0 aliphatic heterocycles. The summed E-state index contributed by atoms with van der Waals surface area (Å²) in [7, 11) is -4.12. The smallest absolute Gasteiger partial charge is 0.273 e. The van der Waals surface area contributed by atoms with Crippen LogP contribution in [0.2, 0.25) is 0 Å². The van der Waals surface area contributed by atoms with E-state index in [1.54, 1.807) is 0 Å². The van der Waals surface area contributed by atoms with Gasteiger partial charge in [-0.2, -0.15) is 0 Å². The topological polar surface area (TPSA) is 89.3 Å². The molecule has 0 atom stereocenters. The van der Waals surface area contributed by atoms with Crippen LogP contribution in [0.1, 0.15) is 0 Å². The first kappa shape index (κ1) is 15.4. The van der Waals surface area contributed by atoms with Gasteiger partial charge in [-0.15, -0.1) is 0 Å². The van der Waals surface area contributed by atoms with Gasteiger partial charge in [0.05, 0.1) is 14.3 Å². The van der Waals surface area contributed by atoms with Crippen LogP contribution < -0.4 is 4.72 Å². The lowest BCUT2D eigenvalue weighted by Gasteiger charge is -2.08. The quantitative estimate of drug-likeness (QED) is 0.656. The largest absolute Gasteiger partial charge is 0.293 e. The second-order valence-corrected chi connectivity index (χ2v) is 6.49. The SMILES string of the molecule is O=[N+]([O-])c1ccccc1NS(=O)(=O)c1ccc(Br)c(F)c1. The first-order chi connectivity index (χ1) is 9.81. The van der Waals surface area contributed by atoms with Crippen LogP contribution in [-0.4, -0.2) is 13.3 Å². The molecule has 2 aromatic rings. The van der Waals surface area contributed by atoms with Gasteiger partial charge in [0.25, 0.3) is 15.7 Å². The standard InChI is InChI=1S/C12H8BrFN2O4S/c13-9-6-5-8(7-10(9)14)21(19,20)15-11-3-1-2-4-12(11)16(17)18/h1-7,15H. The van der Waals surface area contributed by atoms with E-state index < -0.39 is 26.5 Å². The molecule has 2 aromatic carbocycles. The molecule has 0 aliphatic carbocycles. The van der Waals surface area contributed by atoms with Crippen LogP contribution >= 0.6 is 15.9 Å². The number of nitro benzene ring substituents is 1. The summed E-state index contributed by atoms with van der Waals surface area (Å²) >= 11 is 2.91. The van der Waals surface area contributed by atoms with Crippen molar-refractivity contribution in [3.63, 3.8) is 0 Å². The van der Waals surface area contributed by atoms with Gasteiger partial charge in [0.1, 0.15) is 11.5 Å². The summed E-state index contributed by atoms with van der Waals surface area (Å²) in [5, 5.41) is 10.8. The number of nitro groups is 1. The van der Waals surface area contributed by atoms with E-state index in [9.17, 15) is 22.9 Å².